The van der Waals surface area contributed by atoms with E-state index in [0.29, 0.717) is 0 Å². The molecule has 0 N–H and O–H groups in total. The second-order valence-electron chi connectivity index (χ2n) is 11.4. The molecule has 0 unspecified atom stereocenters. The van der Waals surface area contributed by atoms with Gasteiger partial charge in [-0.25, -0.2) is 0 Å². The summed E-state index contributed by atoms with van der Waals surface area (Å²) in [6, 6.07) is 39.4. The van der Waals surface area contributed by atoms with Crippen molar-refractivity contribution < 1.29 is 4.42 Å². The van der Waals surface area contributed by atoms with E-state index in [-0.39, 0.29) is 0 Å². The Labute approximate surface area is 281 Å². The number of benzene rings is 5. The van der Waals surface area contributed by atoms with Crippen LogP contribution in [-0.2, 0) is 0 Å². The van der Waals surface area contributed by atoms with Gasteiger partial charge in [0.25, 0.3) is 0 Å². The molecule has 0 aliphatic rings. The number of hydrogen-bond acceptors (Lipinski definition) is 5. The average Bonchev–Trinajstić information content (AvgIpc) is 3.78. The molecule has 0 aliphatic carbocycles. The van der Waals surface area contributed by atoms with Gasteiger partial charge in [-0.3, -0.25) is 9.98 Å². The van der Waals surface area contributed by atoms with Gasteiger partial charge in [-0.2, -0.15) is 0 Å². The van der Waals surface area contributed by atoms with Crippen LogP contribution in [0.4, 0.5) is 5.69 Å². The molecule has 3 nitrogen and oxygen atoms in total. The Bertz CT molecular complexity index is 2640. The normalized spacial score (nSPS) is 11.7. The SMILES string of the molecule is CC.CC=Nc1c(C)sc2ccc(-c3cccc(-c4ccc5oc6ccc(-c7ccc8sc9cccnc9c8c7)cc6c5c4)c3)cc12. The van der Waals surface area contributed by atoms with E-state index in [1.54, 1.807) is 22.7 Å². The fourth-order valence-corrected chi connectivity index (χ4v) is 8.50. The van der Waals surface area contributed by atoms with Gasteiger partial charge in [0.05, 0.1) is 15.9 Å². The topological polar surface area (TPSA) is 38.4 Å². The lowest BCUT2D eigenvalue weighted by molar-refractivity contribution is 0.669. The molecule has 0 fully saturated rings. The van der Waals surface area contributed by atoms with Gasteiger partial charge in [-0.05, 0) is 114 Å². The third kappa shape index (κ3) is 5.03. The Morgan fingerprint density at radius 1 is 0.574 bits per heavy atom. The molecular formula is C42H32N2OS2. The molecule has 0 saturated heterocycles. The molecule has 0 bridgehead atoms. The molecule has 0 aliphatic heterocycles. The van der Waals surface area contributed by atoms with Crippen molar-refractivity contribution >= 4 is 86.9 Å². The van der Waals surface area contributed by atoms with Crippen LogP contribution in [0, 0.1) is 6.92 Å². The lowest BCUT2D eigenvalue weighted by Crippen LogP contribution is -1.82. The fourth-order valence-electron chi connectivity index (χ4n) is 6.47. The first-order valence-corrected chi connectivity index (χ1v) is 17.6. The first-order chi connectivity index (χ1) is 23.1. The molecular weight excluding hydrogens is 613 g/mol. The van der Waals surface area contributed by atoms with Crippen LogP contribution in [0.15, 0.2) is 125 Å². The van der Waals surface area contributed by atoms with Crippen LogP contribution in [0.1, 0.15) is 25.6 Å². The largest absolute Gasteiger partial charge is 0.456 e. The van der Waals surface area contributed by atoms with Crippen molar-refractivity contribution in [3.05, 3.63) is 120 Å². The monoisotopic (exact) mass is 644 g/mol. The van der Waals surface area contributed by atoms with Crippen molar-refractivity contribution in [1.29, 1.82) is 0 Å². The van der Waals surface area contributed by atoms with Crippen molar-refractivity contribution in [2.75, 3.05) is 0 Å². The molecule has 5 heteroatoms. The Morgan fingerprint density at radius 2 is 1.13 bits per heavy atom. The van der Waals surface area contributed by atoms with E-state index < -0.39 is 0 Å². The van der Waals surface area contributed by atoms with Gasteiger partial charge in [0, 0.05) is 48.2 Å². The standard InChI is InChI=1S/C40H26N2OS2.C2H6/c1-3-41-39-23(2)44-36-15-11-28(21-32(36)39)25-7-4-6-24(18-25)26-9-13-34-30(19-26)31-20-27(10-14-35(31)43-34)29-12-16-37-33(22-29)40-38(45-37)8-5-17-42-40;1-2/h3-22H,1-2H3;1-2H3. The number of rotatable bonds is 4. The van der Waals surface area contributed by atoms with E-state index in [2.05, 4.69) is 120 Å². The van der Waals surface area contributed by atoms with E-state index in [1.807, 2.05) is 39.2 Å². The Balaban J connectivity index is 0.00000159. The summed E-state index contributed by atoms with van der Waals surface area (Å²) in [6.45, 7) is 8.12. The summed E-state index contributed by atoms with van der Waals surface area (Å²) in [5.41, 5.74) is 11.0. The average molecular weight is 645 g/mol. The highest BCUT2D eigenvalue weighted by molar-refractivity contribution is 7.25. The van der Waals surface area contributed by atoms with Gasteiger partial charge in [-0.15, -0.1) is 22.7 Å². The van der Waals surface area contributed by atoms with E-state index >= 15 is 0 Å². The molecule has 0 spiro atoms. The van der Waals surface area contributed by atoms with Crippen molar-refractivity contribution in [3.63, 3.8) is 0 Å². The van der Waals surface area contributed by atoms with Gasteiger partial charge in [0.2, 0.25) is 0 Å². The van der Waals surface area contributed by atoms with Gasteiger partial charge in [0.1, 0.15) is 11.2 Å². The van der Waals surface area contributed by atoms with Gasteiger partial charge < -0.3 is 4.42 Å². The minimum absolute atomic E-state index is 0.896. The summed E-state index contributed by atoms with van der Waals surface area (Å²) in [5.74, 6) is 0. The van der Waals surface area contributed by atoms with Gasteiger partial charge in [-0.1, -0.05) is 56.3 Å². The number of furan rings is 1. The predicted octanol–water partition coefficient (Wildman–Crippen LogP) is 13.6. The molecule has 0 saturated carbocycles. The molecule has 5 aromatic carbocycles. The Hall–Kier alpha value is -5.10. The minimum Gasteiger partial charge on any atom is -0.456 e. The zero-order valence-corrected chi connectivity index (χ0v) is 28.3. The van der Waals surface area contributed by atoms with Crippen LogP contribution >= 0.6 is 22.7 Å². The minimum atomic E-state index is 0.896. The third-order valence-corrected chi connectivity index (χ3v) is 10.8. The maximum absolute atomic E-state index is 6.30. The van der Waals surface area contributed by atoms with Crippen molar-refractivity contribution in [2.24, 2.45) is 4.99 Å². The highest BCUT2D eigenvalue weighted by Crippen LogP contribution is 2.41. The molecule has 47 heavy (non-hydrogen) atoms. The molecule has 228 valence electrons. The van der Waals surface area contributed by atoms with Crippen LogP contribution in [0.5, 0.6) is 0 Å². The quantitative estimate of drug-likeness (QED) is 0.179. The molecule has 0 atom stereocenters. The van der Waals surface area contributed by atoms with E-state index in [9.17, 15) is 0 Å². The molecule has 9 aromatic rings. The highest BCUT2D eigenvalue weighted by atomic mass is 32.1. The van der Waals surface area contributed by atoms with E-state index in [0.717, 1.165) is 33.1 Å². The molecule has 0 amide bonds. The number of thiophene rings is 2. The lowest BCUT2D eigenvalue weighted by Gasteiger charge is -2.07. The maximum atomic E-state index is 6.30. The van der Waals surface area contributed by atoms with Crippen LogP contribution in [0.3, 0.4) is 0 Å². The highest BCUT2D eigenvalue weighted by Gasteiger charge is 2.14. The number of aliphatic imine (C=N–C) groups is 1. The summed E-state index contributed by atoms with van der Waals surface area (Å²) in [7, 11) is 0. The van der Waals surface area contributed by atoms with Gasteiger partial charge >= 0.3 is 0 Å². The number of nitrogens with zero attached hydrogens (tertiary/aromatic N) is 2. The summed E-state index contributed by atoms with van der Waals surface area (Å²) in [5, 5.41) is 4.66. The summed E-state index contributed by atoms with van der Waals surface area (Å²) in [6.07, 6.45) is 3.75. The predicted molar refractivity (Wildman–Crippen MR) is 206 cm³/mol. The number of aryl methyl sites for hydroxylation is 1. The van der Waals surface area contributed by atoms with Crippen LogP contribution in [-0.4, -0.2) is 11.2 Å². The van der Waals surface area contributed by atoms with E-state index in [4.69, 9.17) is 4.42 Å². The first kappa shape index (κ1) is 29.3. The van der Waals surface area contributed by atoms with Crippen LogP contribution in [0.2, 0.25) is 0 Å². The summed E-state index contributed by atoms with van der Waals surface area (Å²) < 4.78 is 10.0. The number of fused-ring (bicyclic) bond motifs is 7. The molecule has 4 heterocycles. The fraction of sp³-hybridized carbons (Fsp3) is 0.0952. The van der Waals surface area contributed by atoms with E-state index in [1.165, 1.54) is 63.1 Å². The first-order valence-electron chi connectivity index (χ1n) is 16.0. The molecule has 9 rings (SSSR count). The number of pyridine rings is 1. The third-order valence-electron chi connectivity index (χ3n) is 8.65. The van der Waals surface area contributed by atoms with Crippen molar-refractivity contribution in [3.8, 4) is 33.4 Å². The maximum Gasteiger partial charge on any atom is 0.135 e. The second kappa shape index (κ2) is 11.9. The summed E-state index contributed by atoms with van der Waals surface area (Å²) >= 11 is 3.59. The Kier molecular flexibility index (Phi) is 7.44. The zero-order valence-electron chi connectivity index (χ0n) is 26.7. The number of aromatic nitrogens is 1. The summed E-state index contributed by atoms with van der Waals surface area (Å²) in [4.78, 5) is 10.6. The van der Waals surface area contributed by atoms with Crippen molar-refractivity contribution in [1.82, 2.24) is 4.98 Å². The smallest absolute Gasteiger partial charge is 0.135 e. The van der Waals surface area contributed by atoms with Crippen LogP contribution < -0.4 is 0 Å². The Morgan fingerprint density at radius 3 is 1.77 bits per heavy atom. The lowest BCUT2D eigenvalue weighted by atomic mass is 9.97. The van der Waals surface area contributed by atoms with Gasteiger partial charge in [0.15, 0.2) is 0 Å². The van der Waals surface area contributed by atoms with Crippen LogP contribution in [0.25, 0.3) is 85.7 Å². The zero-order chi connectivity index (χ0) is 32.1. The molecule has 4 aromatic heterocycles. The number of hydrogen-bond donors (Lipinski definition) is 0. The van der Waals surface area contributed by atoms with Crippen molar-refractivity contribution in [2.45, 2.75) is 27.7 Å². The molecule has 0 radical (unpaired) electrons. The second-order valence-corrected chi connectivity index (χ2v) is 13.7.